The number of benzene rings is 1. The first-order valence-electron chi connectivity index (χ1n) is 8.04. The van der Waals surface area contributed by atoms with Crippen LogP contribution in [0.4, 0.5) is 0 Å². The minimum atomic E-state index is 0.654. The highest BCUT2D eigenvalue weighted by Crippen LogP contribution is 2.19. The minimum Gasteiger partial charge on any atom is -0.494 e. The fourth-order valence-corrected chi connectivity index (χ4v) is 2.21. The molecule has 1 heteroatoms. The van der Waals surface area contributed by atoms with Crippen LogP contribution >= 0.6 is 0 Å². The van der Waals surface area contributed by atoms with E-state index in [1.807, 2.05) is 19.1 Å². The molecule has 0 fully saturated rings. The number of hydrogen-bond acceptors (Lipinski definition) is 1. The van der Waals surface area contributed by atoms with Crippen LogP contribution in [0.2, 0.25) is 0 Å². The molecule has 0 saturated heterocycles. The molecule has 0 aliphatic carbocycles. The maximum atomic E-state index is 5.49. The summed E-state index contributed by atoms with van der Waals surface area (Å²) >= 11 is 0. The Morgan fingerprint density at radius 3 is 2.55 bits per heavy atom. The summed E-state index contributed by atoms with van der Waals surface area (Å²) in [6.07, 6.45) is 10.9. The van der Waals surface area contributed by atoms with Gasteiger partial charge in [0.1, 0.15) is 5.76 Å². The molecule has 22 heavy (non-hydrogen) atoms. The van der Waals surface area contributed by atoms with Crippen LogP contribution in [0.25, 0.3) is 6.08 Å². The predicted molar refractivity (Wildman–Crippen MR) is 97.6 cm³/mol. The molecule has 0 spiro atoms. The van der Waals surface area contributed by atoms with Gasteiger partial charge in [-0.25, -0.2) is 0 Å². The number of allylic oxidation sites excluding steroid dienone is 4. The molecule has 0 heterocycles. The molecule has 0 radical (unpaired) electrons. The maximum absolute atomic E-state index is 5.49. The van der Waals surface area contributed by atoms with Crippen molar-refractivity contribution in [2.45, 2.75) is 39.5 Å². The van der Waals surface area contributed by atoms with Gasteiger partial charge in [0.25, 0.3) is 0 Å². The Balaban J connectivity index is 2.86. The molecule has 1 nitrogen and oxygen atoms in total. The first-order valence-corrected chi connectivity index (χ1v) is 8.04. The molecule has 118 valence electrons. The monoisotopic (exact) mass is 296 g/mol. The first kappa shape index (κ1) is 18.0. The smallest absolute Gasteiger partial charge is 0.115 e. The highest BCUT2D eigenvalue weighted by Gasteiger charge is 2.01. The van der Waals surface area contributed by atoms with Gasteiger partial charge in [-0.3, -0.25) is 0 Å². The Morgan fingerprint density at radius 1 is 1.18 bits per heavy atom. The summed E-state index contributed by atoms with van der Waals surface area (Å²) in [5.74, 6) is 0.757. The molecule has 1 rings (SSSR count). The van der Waals surface area contributed by atoms with E-state index in [9.17, 15) is 0 Å². The van der Waals surface area contributed by atoms with Crippen LogP contribution in [0.15, 0.2) is 72.5 Å². The van der Waals surface area contributed by atoms with Crippen molar-refractivity contribution in [3.05, 3.63) is 78.1 Å². The van der Waals surface area contributed by atoms with E-state index in [1.165, 1.54) is 17.6 Å². The zero-order valence-electron chi connectivity index (χ0n) is 14.0. The number of unbranched alkanes of at least 4 members (excludes halogenated alkanes) is 2. The van der Waals surface area contributed by atoms with Crippen LogP contribution in [0.3, 0.4) is 0 Å². The van der Waals surface area contributed by atoms with Crippen molar-refractivity contribution in [1.82, 2.24) is 0 Å². The van der Waals surface area contributed by atoms with Crippen LogP contribution < -0.4 is 0 Å². The summed E-state index contributed by atoms with van der Waals surface area (Å²) in [6, 6.07) is 10.4. The van der Waals surface area contributed by atoms with Crippen LogP contribution in [0.5, 0.6) is 0 Å². The van der Waals surface area contributed by atoms with Crippen molar-refractivity contribution in [3.63, 3.8) is 0 Å². The van der Waals surface area contributed by atoms with E-state index >= 15 is 0 Å². The molecule has 0 N–H and O–H groups in total. The highest BCUT2D eigenvalue weighted by molar-refractivity contribution is 5.56. The van der Waals surface area contributed by atoms with E-state index < -0.39 is 0 Å². The van der Waals surface area contributed by atoms with Gasteiger partial charge in [-0.15, -0.1) is 6.58 Å². The molecule has 0 aliphatic rings. The summed E-state index contributed by atoms with van der Waals surface area (Å²) in [5, 5.41) is 0. The Kier molecular flexibility index (Phi) is 8.74. The van der Waals surface area contributed by atoms with Crippen molar-refractivity contribution in [1.29, 1.82) is 0 Å². The quantitative estimate of drug-likeness (QED) is 0.213. The average Bonchev–Trinajstić information content (AvgIpc) is 2.52. The zero-order valence-corrected chi connectivity index (χ0v) is 14.0. The lowest BCUT2D eigenvalue weighted by molar-refractivity contribution is 0.239. The van der Waals surface area contributed by atoms with Gasteiger partial charge in [-0.2, -0.15) is 0 Å². The molecule has 0 unspecified atom stereocenters. The van der Waals surface area contributed by atoms with Crippen molar-refractivity contribution in [2.24, 2.45) is 0 Å². The first-order chi connectivity index (χ1) is 10.7. The molecule has 0 aromatic heterocycles. The fraction of sp³-hybridized carbons (Fsp3) is 0.333. The van der Waals surface area contributed by atoms with Crippen molar-refractivity contribution in [2.75, 3.05) is 6.61 Å². The Labute approximate surface area is 135 Å². The van der Waals surface area contributed by atoms with Crippen molar-refractivity contribution < 1.29 is 4.74 Å². The van der Waals surface area contributed by atoms with Crippen LogP contribution in [-0.2, 0) is 4.74 Å². The normalized spacial score (nSPS) is 12.1. The van der Waals surface area contributed by atoms with Gasteiger partial charge < -0.3 is 4.74 Å². The third-order valence-corrected chi connectivity index (χ3v) is 3.44. The van der Waals surface area contributed by atoms with Crippen LogP contribution in [-0.4, -0.2) is 6.61 Å². The lowest BCUT2D eigenvalue weighted by atomic mass is 10.0. The summed E-state index contributed by atoms with van der Waals surface area (Å²) in [7, 11) is 0. The standard InChI is InChI=1S/C21H28O/c1-5-7-8-10-15-21(16-18(3)19(4)22-6-2)17-20-13-11-9-12-14-20/h5,9,11-14,16-17H,1,4,6-8,10,15H2,2-3H3/b18-16+,21-17+. The van der Waals surface area contributed by atoms with Gasteiger partial charge in [-0.1, -0.05) is 55.1 Å². The van der Waals surface area contributed by atoms with Crippen LogP contribution in [0.1, 0.15) is 45.1 Å². The molecule has 1 aromatic rings. The molecular formula is C21H28O. The van der Waals surface area contributed by atoms with Gasteiger partial charge in [0.15, 0.2) is 0 Å². The highest BCUT2D eigenvalue weighted by atomic mass is 16.5. The zero-order chi connectivity index (χ0) is 16.2. The number of ether oxygens (including phenoxy) is 1. The second kappa shape index (κ2) is 10.7. The average molecular weight is 296 g/mol. The third-order valence-electron chi connectivity index (χ3n) is 3.44. The lowest BCUT2D eigenvalue weighted by Gasteiger charge is -2.09. The summed E-state index contributed by atoms with van der Waals surface area (Å²) < 4.78 is 5.49. The molecule has 0 aliphatic heterocycles. The SMILES string of the molecule is C=CCCCCC(=C\c1ccccc1)/C=C(\C)C(=C)OCC. The molecule has 0 atom stereocenters. The van der Waals surface area contributed by atoms with E-state index in [0.717, 1.165) is 30.6 Å². The lowest BCUT2D eigenvalue weighted by Crippen LogP contribution is -1.93. The van der Waals surface area contributed by atoms with E-state index in [2.05, 4.69) is 56.5 Å². The molecule has 1 aromatic carbocycles. The minimum absolute atomic E-state index is 0.654. The van der Waals surface area contributed by atoms with Gasteiger partial charge in [0, 0.05) is 0 Å². The van der Waals surface area contributed by atoms with Gasteiger partial charge in [0.2, 0.25) is 0 Å². The largest absolute Gasteiger partial charge is 0.494 e. The topological polar surface area (TPSA) is 9.23 Å². The summed E-state index contributed by atoms with van der Waals surface area (Å²) in [5.41, 5.74) is 3.63. The molecule has 0 saturated carbocycles. The molecule has 0 amide bonds. The summed E-state index contributed by atoms with van der Waals surface area (Å²) in [4.78, 5) is 0. The predicted octanol–water partition coefficient (Wildman–Crippen LogP) is 6.31. The Morgan fingerprint density at radius 2 is 1.91 bits per heavy atom. The van der Waals surface area contributed by atoms with Gasteiger partial charge in [-0.05, 0) is 56.2 Å². The van der Waals surface area contributed by atoms with E-state index in [4.69, 9.17) is 4.74 Å². The third kappa shape index (κ3) is 7.12. The van der Waals surface area contributed by atoms with E-state index in [0.29, 0.717) is 6.61 Å². The van der Waals surface area contributed by atoms with Crippen molar-refractivity contribution >= 4 is 6.08 Å². The van der Waals surface area contributed by atoms with E-state index in [1.54, 1.807) is 0 Å². The second-order valence-electron chi connectivity index (χ2n) is 5.35. The van der Waals surface area contributed by atoms with Crippen LogP contribution in [0, 0.1) is 0 Å². The second-order valence-corrected chi connectivity index (χ2v) is 5.35. The maximum Gasteiger partial charge on any atom is 0.115 e. The molecular weight excluding hydrogens is 268 g/mol. The fourth-order valence-electron chi connectivity index (χ4n) is 2.21. The Hall–Kier alpha value is -2.02. The van der Waals surface area contributed by atoms with Gasteiger partial charge in [0.05, 0.1) is 6.61 Å². The van der Waals surface area contributed by atoms with Gasteiger partial charge >= 0.3 is 0 Å². The van der Waals surface area contributed by atoms with Crippen molar-refractivity contribution in [3.8, 4) is 0 Å². The van der Waals surface area contributed by atoms with E-state index in [-0.39, 0.29) is 0 Å². The Bertz CT molecular complexity index is 520. The molecule has 0 bridgehead atoms. The summed E-state index contributed by atoms with van der Waals surface area (Å²) in [6.45, 7) is 12.5. The number of rotatable bonds is 10. The number of hydrogen-bond donors (Lipinski definition) is 0.